The third-order valence-corrected chi connectivity index (χ3v) is 4.76. The van der Waals surface area contributed by atoms with E-state index in [0.29, 0.717) is 13.1 Å². The van der Waals surface area contributed by atoms with Gasteiger partial charge in [-0.25, -0.2) is 0 Å². The average Bonchev–Trinajstić information content (AvgIpc) is 2.65. The van der Waals surface area contributed by atoms with Crippen LogP contribution in [0.1, 0.15) is 11.1 Å². The van der Waals surface area contributed by atoms with Crippen molar-refractivity contribution in [1.29, 1.82) is 0 Å². The summed E-state index contributed by atoms with van der Waals surface area (Å²) in [6.07, 6.45) is 0. The standard InChI is InChI=1S/C21H27N3O/c1-22(16-19-8-4-2-5-9-19)21(25)18-24-14-12-23(13-15-24)17-20-10-6-3-7-11-20/h2-11H,12-18H2,1H3. The minimum absolute atomic E-state index is 0.195. The second-order valence-electron chi connectivity index (χ2n) is 6.77. The van der Waals surface area contributed by atoms with Crippen LogP contribution in [-0.4, -0.2) is 60.4 Å². The molecule has 0 saturated carbocycles. The van der Waals surface area contributed by atoms with Gasteiger partial charge in [0.05, 0.1) is 6.54 Å². The van der Waals surface area contributed by atoms with Gasteiger partial charge in [0.1, 0.15) is 0 Å². The van der Waals surface area contributed by atoms with E-state index < -0.39 is 0 Å². The molecule has 1 saturated heterocycles. The lowest BCUT2D eigenvalue weighted by molar-refractivity contribution is -0.132. The SMILES string of the molecule is CN(Cc1ccccc1)C(=O)CN1CCN(Cc2ccccc2)CC1. The highest BCUT2D eigenvalue weighted by molar-refractivity contribution is 5.78. The van der Waals surface area contributed by atoms with Crippen LogP contribution in [0.4, 0.5) is 0 Å². The Morgan fingerprint density at radius 1 is 0.840 bits per heavy atom. The average molecular weight is 337 g/mol. The van der Waals surface area contributed by atoms with Crippen LogP contribution in [-0.2, 0) is 17.9 Å². The van der Waals surface area contributed by atoms with Gasteiger partial charge < -0.3 is 4.90 Å². The number of likely N-dealkylation sites (N-methyl/N-ethyl adjacent to an activating group) is 1. The van der Waals surface area contributed by atoms with Crippen LogP contribution in [0.5, 0.6) is 0 Å². The molecular formula is C21H27N3O. The molecule has 0 spiro atoms. The molecule has 4 nitrogen and oxygen atoms in total. The van der Waals surface area contributed by atoms with Crippen molar-refractivity contribution < 1.29 is 4.79 Å². The Balaban J connectivity index is 1.41. The molecule has 3 rings (SSSR count). The number of benzene rings is 2. The van der Waals surface area contributed by atoms with Crippen molar-refractivity contribution in [3.63, 3.8) is 0 Å². The lowest BCUT2D eigenvalue weighted by Crippen LogP contribution is -2.49. The van der Waals surface area contributed by atoms with Crippen molar-refractivity contribution >= 4 is 5.91 Å². The number of carbonyl (C=O) groups is 1. The molecule has 2 aromatic carbocycles. The van der Waals surface area contributed by atoms with Crippen LogP contribution in [0.3, 0.4) is 0 Å². The monoisotopic (exact) mass is 337 g/mol. The zero-order chi connectivity index (χ0) is 17.5. The molecule has 1 amide bonds. The highest BCUT2D eigenvalue weighted by Gasteiger charge is 2.20. The van der Waals surface area contributed by atoms with Crippen molar-refractivity contribution in [1.82, 2.24) is 14.7 Å². The maximum Gasteiger partial charge on any atom is 0.236 e. The molecule has 1 fully saturated rings. The second kappa shape index (κ2) is 8.79. The molecule has 25 heavy (non-hydrogen) atoms. The van der Waals surface area contributed by atoms with Gasteiger partial charge in [0, 0.05) is 46.3 Å². The molecule has 0 unspecified atom stereocenters. The third kappa shape index (κ3) is 5.41. The largest absolute Gasteiger partial charge is 0.340 e. The van der Waals surface area contributed by atoms with Gasteiger partial charge in [-0.2, -0.15) is 0 Å². The van der Waals surface area contributed by atoms with E-state index in [1.54, 1.807) is 0 Å². The Morgan fingerprint density at radius 3 is 1.96 bits per heavy atom. The van der Waals surface area contributed by atoms with Crippen molar-refractivity contribution in [2.24, 2.45) is 0 Å². The van der Waals surface area contributed by atoms with Crippen LogP contribution >= 0.6 is 0 Å². The first-order valence-electron chi connectivity index (χ1n) is 8.97. The molecule has 0 radical (unpaired) electrons. The zero-order valence-electron chi connectivity index (χ0n) is 15.0. The summed E-state index contributed by atoms with van der Waals surface area (Å²) in [6, 6.07) is 20.7. The zero-order valence-corrected chi connectivity index (χ0v) is 15.0. The maximum atomic E-state index is 12.5. The molecule has 0 aliphatic carbocycles. The molecule has 132 valence electrons. The highest BCUT2D eigenvalue weighted by atomic mass is 16.2. The summed E-state index contributed by atoms with van der Waals surface area (Å²) in [5.41, 5.74) is 2.53. The number of nitrogens with zero attached hydrogens (tertiary/aromatic N) is 3. The Hall–Kier alpha value is -2.17. The lowest BCUT2D eigenvalue weighted by atomic mass is 10.2. The normalized spacial score (nSPS) is 15.9. The maximum absolute atomic E-state index is 12.5. The Kier molecular flexibility index (Phi) is 6.20. The van der Waals surface area contributed by atoms with Crippen molar-refractivity contribution in [3.8, 4) is 0 Å². The highest BCUT2D eigenvalue weighted by Crippen LogP contribution is 2.09. The van der Waals surface area contributed by atoms with Gasteiger partial charge >= 0.3 is 0 Å². The smallest absolute Gasteiger partial charge is 0.236 e. The van der Waals surface area contributed by atoms with Gasteiger partial charge in [-0.1, -0.05) is 60.7 Å². The van der Waals surface area contributed by atoms with E-state index in [-0.39, 0.29) is 5.91 Å². The van der Waals surface area contributed by atoms with Gasteiger partial charge in [-0.15, -0.1) is 0 Å². The summed E-state index contributed by atoms with van der Waals surface area (Å²) < 4.78 is 0. The number of hydrogen-bond acceptors (Lipinski definition) is 3. The molecule has 1 aliphatic heterocycles. The van der Waals surface area contributed by atoms with Gasteiger partial charge in [0.15, 0.2) is 0 Å². The number of carbonyl (C=O) groups excluding carboxylic acids is 1. The number of hydrogen-bond donors (Lipinski definition) is 0. The quantitative estimate of drug-likeness (QED) is 0.810. The van der Waals surface area contributed by atoms with E-state index in [9.17, 15) is 4.79 Å². The minimum Gasteiger partial charge on any atom is -0.340 e. The van der Waals surface area contributed by atoms with Gasteiger partial charge in [0.25, 0.3) is 0 Å². The van der Waals surface area contributed by atoms with Crippen molar-refractivity contribution in [2.75, 3.05) is 39.8 Å². The van der Waals surface area contributed by atoms with Gasteiger partial charge in [-0.05, 0) is 11.1 Å². The second-order valence-corrected chi connectivity index (χ2v) is 6.77. The van der Waals surface area contributed by atoms with E-state index in [2.05, 4.69) is 52.3 Å². The van der Waals surface area contributed by atoms with E-state index in [0.717, 1.165) is 32.7 Å². The van der Waals surface area contributed by atoms with E-state index in [1.807, 2.05) is 30.1 Å². The number of amides is 1. The van der Waals surface area contributed by atoms with Gasteiger partial charge in [0.2, 0.25) is 5.91 Å². The summed E-state index contributed by atoms with van der Waals surface area (Å²) in [6.45, 7) is 6.14. The fourth-order valence-electron chi connectivity index (χ4n) is 3.20. The number of rotatable bonds is 6. The molecule has 1 aliphatic rings. The molecule has 4 heteroatoms. The summed E-state index contributed by atoms with van der Waals surface area (Å²) in [7, 11) is 1.89. The van der Waals surface area contributed by atoms with Crippen molar-refractivity contribution in [2.45, 2.75) is 13.1 Å². The predicted octanol–water partition coefficient (Wildman–Crippen LogP) is 2.46. The fourth-order valence-corrected chi connectivity index (χ4v) is 3.20. The van der Waals surface area contributed by atoms with Crippen molar-refractivity contribution in [3.05, 3.63) is 71.8 Å². The summed E-state index contributed by atoms with van der Waals surface area (Å²) >= 11 is 0. The molecule has 0 atom stereocenters. The first kappa shape index (κ1) is 17.6. The first-order chi connectivity index (χ1) is 12.2. The van der Waals surface area contributed by atoms with E-state index in [1.165, 1.54) is 11.1 Å². The molecule has 0 aromatic heterocycles. The van der Waals surface area contributed by atoms with Crippen LogP contribution in [0.2, 0.25) is 0 Å². The lowest BCUT2D eigenvalue weighted by Gasteiger charge is -2.35. The Bertz CT molecular complexity index is 651. The first-order valence-corrected chi connectivity index (χ1v) is 8.97. The Labute approximate surface area is 150 Å². The molecule has 0 bridgehead atoms. The summed E-state index contributed by atoms with van der Waals surface area (Å²) in [4.78, 5) is 19.0. The van der Waals surface area contributed by atoms with Gasteiger partial charge in [-0.3, -0.25) is 14.6 Å². The summed E-state index contributed by atoms with van der Waals surface area (Å²) in [5.74, 6) is 0.195. The van der Waals surface area contributed by atoms with E-state index >= 15 is 0 Å². The van der Waals surface area contributed by atoms with Crippen LogP contribution in [0.15, 0.2) is 60.7 Å². The van der Waals surface area contributed by atoms with Crippen LogP contribution in [0, 0.1) is 0 Å². The van der Waals surface area contributed by atoms with Crippen LogP contribution in [0.25, 0.3) is 0 Å². The molecular weight excluding hydrogens is 310 g/mol. The minimum atomic E-state index is 0.195. The predicted molar refractivity (Wildman–Crippen MR) is 101 cm³/mol. The third-order valence-electron chi connectivity index (χ3n) is 4.76. The molecule has 2 aromatic rings. The van der Waals surface area contributed by atoms with E-state index in [4.69, 9.17) is 0 Å². The molecule has 0 N–H and O–H groups in total. The number of piperazine rings is 1. The molecule has 1 heterocycles. The Morgan fingerprint density at radius 2 is 1.36 bits per heavy atom. The fraction of sp³-hybridized carbons (Fsp3) is 0.381. The topological polar surface area (TPSA) is 26.8 Å². The van der Waals surface area contributed by atoms with Crippen LogP contribution < -0.4 is 0 Å². The summed E-state index contributed by atoms with van der Waals surface area (Å²) in [5, 5.41) is 0.